The summed E-state index contributed by atoms with van der Waals surface area (Å²) in [5.41, 5.74) is 24.9. The molecule has 10 nitrogen and oxygen atoms in total. The molecule has 26 aromatic rings. The molecule has 0 spiro atoms. The van der Waals surface area contributed by atoms with Gasteiger partial charge in [0.05, 0.1) is 77.9 Å². The van der Waals surface area contributed by atoms with Crippen LogP contribution in [0.2, 0.25) is 0 Å². The number of furan rings is 2. The monoisotopic (exact) mass is 1500 g/mol. The largest absolute Gasteiger partial charge is 0.456 e. The zero-order chi connectivity index (χ0) is 77.2. The summed E-state index contributed by atoms with van der Waals surface area (Å²) in [6.45, 7) is 0. The lowest BCUT2D eigenvalue weighted by Gasteiger charge is -2.13. The quantitative estimate of drug-likeness (QED) is 0.150. The second kappa shape index (κ2) is 25.7. The average molecular weight is 1510 g/mol. The summed E-state index contributed by atoms with van der Waals surface area (Å²) in [6, 6.07) is 138. The standard InChI is InChI=1S/2C54H32N4O/c1-2-14-34(15-3-1)52-40-19-6-9-21-44(40)55-54(56-52)35-25-27-36(28-26-35)57-48-32-50-43(38-18-8-11-24-49(38)59-50)31-42(48)39-29-30-47-51(53(39)57)41-20-7-10-22-46(41)58(47)45-23-12-16-33-13-4-5-17-37(33)45;1-2-14-34(15-3-1)52-40-19-6-9-21-44(40)55-54(56-52)35-25-27-36(28-26-35)57-46-22-10-7-20-41(46)51-47(57)30-29-39-42-31-43-38-18-8-11-24-49(38)59-50(43)32-48(42)58(53(39)51)45-23-12-16-33-13-4-5-17-37(33)45/h2*1-32H. The van der Waals surface area contributed by atoms with Gasteiger partial charge in [-0.05, 0) is 132 Å². The van der Waals surface area contributed by atoms with Gasteiger partial charge < -0.3 is 27.1 Å². The van der Waals surface area contributed by atoms with Gasteiger partial charge in [-0.1, -0.05) is 255 Å². The molecule has 548 valence electrons. The fraction of sp³-hybridized carbons (Fsp3) is 0. The van der Waals surface area contributed by atoms with Gasteiger partial charge in [-0.25, -0.2) is 19.9 Å². The summed E-state index contributed by atoms with van der Waals surface area (Å²) in [5, 5.41) is 21.0. The van der Waals surface area contributed by atoms with Crippen molar-refractivity contribution in [1.29, 1.82) is 0 Å². The Hall–Kier alpha value is -16.0. The van der Waals surface area contributed by atoms with Gasteiger partial charge in [0.1, 0.15) is 22.3 Å². The summed E-state index contributed by atoms with van der Waals surface area (Å²) in [5.74, 6) is 1.40. The molecule has 0 aliphatic rings. The average Bonchev–Trinajstić information content (AvgIpc) is 1.54. The van der Waals surface area contributed by atoms with Crippen LogP contribution in [-0.2, 0) is 0 Å². The summed E-state index contributed by atoms with van der Waals surface area (Å²) in [6.07, 6.45) is 0. The van der Waals surface area contributed by atoms with Gasteiger partial charge in [0, 0.05) is 132 Å². The van der Waals surface area contributed by atoms with E-state index in [4.69, 9.17) is 28.8 Å². The third-order valence-electron chi connectivity index (χ3n) is 24.2. The molecule has 0 amide bonds. The van der Waals surface area contributed by atoms with E-state index < -0.39 is 0 Å². The van der Waals surface area contributed by atoms with Gasteiger partial charge in [-0.2, -0.15) is 0 Å². The molecular formula is C108H64N8O2. The first-order valence-corrected chi connectivity index (χ1v) is 40.0. The lowest BCUT2D eigenvalue weighted by atomic mass is 10.1. The van der Waals surface area contributed by atoms with Crippen LogP contribution in [0.1, 0.15) is 0 Å². The molecular weight excluding hydrogens is 1440 g/mol. The minimum absolute atomic E-state index is 0.695. The fourth-order valence-corrected chi connectivity index (χ4v) is 19.0. The van der Waals surface area contributed by atoms with E-state index in [0.717, 1.165) is 155 Å². The smallest absolute Gasteiger partial charge is 0.160 e. The Kier molecular flexibility index (Phi) is 14.3. The van der Waals surface area contributed by atoms with Gasteiger partial charge in [-0.15, -0.1) is 0 Å². The van der Waals surface area contributed by atoms with Crippen molar-refractivity contribution < 1.29 is 8.83 Å². The van der Waals surface area contributed by atoms with Crippen LogP contribution in [-0.4, -0.2) is 38.2 Å². The van der Waals surface area contributed by atoms with E-state index in [-0.39, 0.29) is 0 Å². The summed E-state index contributed by atoms with van der Waals surface area (Å²) >= 11 is 0. The number of hydrogen-bond acceptors (Lipinski definition) is 6. The summed E-state index contributed by atoms with van der Waals surface area (Å²) in [4.78, 5) is 20.5. The molecule has 18 aromatic carbocycles. The molecule has 0 N–H and O–H groups in total. The maximum Gasteiger partial charge on any atom is 0.160 e. The van der Waals surface area contributed by atoms with Crippen molar-refractivity contribution in [2.24, 2.45) is 0 Å². The Morgan fingerprint density at radius 1 is 0.195 bits per heavy atom. The predicted octanol–water partition coefficient (Wildman–Crippen LogP) is 28.4. The molecule has 0 saturated heterocycles. The first-order chi connectivity index (χ1) is 58.5. The molecule has 0 aliphatic heterocycles. The zero-order valence-electron chi connectivity index (χ0n) is 63.3. The van der Waals surface area contributed by atoms with Crippen LogP contribution in [0, 0.1) is 0 Å². The number of fused-ring (bicyclic) bond motifs is 24. The highest BCUT2D eigenvalue weighted by atomic mass is 16.3. The minimum atomic E-state index is 0.695. The number of para-hydroxylation sites is 6. The normalized spacial score (nSPS) is 12.1. The molecule has 0 unspecified atom stereocenters. The van der Waals surface area contributed by atoms with E-state index in [0.29, 0.717) is 11.6 Å². The lowest BCUT2D eigenvalue weighted by Crippen LogP contribution is -1.97. The highest BCUT2D eigenvalue weighted by Crippen LogP contribution is 2.49. The summed E-state index contributed by atoms with van der Waals surface area (Å²) in [7, 11) is 0. The minimum Gasteiger partial charge on any atom is -0.456 e. The van der Waals surface area contributed by atoms with Gasteiger partial charge in [-0.3, -0.25) is 0 Å². The van der Waals surface area contributed by atoms with Crippen LogP contribution < -0.4 is 0 Å². The zero-order valence-corrected chi connectivity index (χ0v) is 63.3. The van der Waals surface area contributed by atoms with Crippen LogP contribution in [0.3, 0.4) is 0 Å². The number of nitrogens with zero attached hydrogens (tertiary/aromatic N) is 8. The molecule has 0 saturated carbocycles. The molecule has 8 heterocycles. The Morgan fingerprint density at radius 2 is 0.576 bits per heavy atom. The van der Waals surface area contributed by atoms with Gasteiger partial charge >= 0.3 is 0 Å². The SMILES string of the molecule is c1ccc(-c2nc(-c3ccc(-n4c5cc6oc7ccccc7c6cc5c5ccc6c(c7ccccc7n6-c6cccc7ccccc67)c54)cc3)nc3ccccc23)cc1.c1ccc(-c2nc(-c3ccc(-n4c5ccccc5c5c4ccc4c6cc7c(cc6n(-c6cccc8ccccc68)c45)oc4ccccc47)cc3)nc3ccccc23)cc1. The summed E-state index contributed by atoms with van der Waals surface area (Å²) < 4.78 is 22.8. The molecule has 118 heavy (non-hydrogen) atoms. The van der Waals surface area contributed by atoms with Crippen molar-refractivity contribution in [2.75, 3.05) is 0 Å². The van der Waals surface area contributed by atoms with Crippen molar-refractivity contribution in [1.82, 2.24) is 38.2 Å². The highest BCUT2D eigenvalue weighted by molar-refractivity contribution is 6.30. The molecule has 0 fully saturated rings. The van der Waals surface area contributed by atoms with Crippen LogP contribution in [0.15, 0.2) is 397 Å². The molecule has 0 aliphatic carbocycles. The van der Waals surface area contributed by atoms with E-state index in [9.17, 15) is 0 Å². The van der Waals surface area contributed by atoms with Gasteiger partial charge in [0.2, 0.25) is 0 Å². The Labute approximate surface area is 673 Å². The van der Waals surface area contributed by atoms with Crippen molar-refractivity contribution in [3.8, 4) is 68.0 Å². The van der Waals surface area contributed by atoms with E-state index in [2.05, 4.69) is 358 Å². The van der Waals surface area contributed by atoms with Crippen LogP contribution in [0.5, 0.6) is 0 Å². The van der Waals surface area contributed by atoms with Gasteiger partial charge in [0.25, 0.3) is 0 Å². The van der Waals surface area contributed by atoms with E-state index in [1.165, 1.54) is 75.7 Å². The molecule has 10 heteroatoms. The highest BCUT2D eigenvalue weighted by Gasteiger charge is 2.27. The molecule has 0 radical (unpaired) electrons. The Balaban J connectivity index is 0.000000131. The maximum atomic E-state index is 6.53. The first-order valence-electron chi connectivity index (χ1n) is 40.0. The van der Waals surface area contributed by atoms with E-state index >= 15 is 0 Å². The van der Waals surface area contributed by atoms with Crippen molar-refractivity contribution in [3.63, 3.8) is 0 Å². The predicted molar refractivity (Wildman–Crippen MR) is 488 cm³/mol. The fourth-order valence-electron chi connectivity index (χ4n) is 19.0. The van der Waals surface area contributed by atoms with Crippen molar-refractivity contribution >= 4 is 174 Å². The number of hydrogen-bond donors (Lipinski definition) is 0. The van der Waals surface area contributed by atoms with Crippen LogP contribution >= 0.6 is 0 Å². The second-order valence-electron chi connectivity index (χ2n) is 30.7. The number of rotatable bonds is 8. The third kappa shape index (κ3) is 9.93. The maximum absolute atomic E-state index is 6.53. The lowest BCUT2D eigenvalue weighted by molar-refractivity contribution is 0.669. The Morgan fingerprint density at radius 3 is 1.08 bits per heavy atom. The van der Waals surface area contributed by atoms with E-state index in [1.807, 2.05) is 48.5 Å². The molecule has 26 rings (SSSR count). The number of aromatic nitrogens is 8. The number of benzene rings is 18. The van der Waals surface area contributed by atoms with Crippen LogP contribution in [0.25, 0.3) is 242 Å². The molecule has 8 aromatic heterocycles. The van der Waals surface area contributed by atoms with E-state index in [1.54, 1.807) is 0 Å². The van der Waals surface area contributed by atoms with Gasteiger partial charge in [0.15, 0.2) is 11.6 Å². The third-order valence-corrected chi connectivity index (χ3v) is 24.2. The first kappa shape index (κ1) is 65.5. The topological polar surface area (TPSA) is 97.6 Å². The Bertz CT molecular complexity index is 8670. The van der Waals surface area contributed by atoms with Crippen molar-refractivity contribution in [2.45, 2.75) is 0 Å². The molecule has 0 atom stereocenters. The van der Waals surface area contributed by atoms with Crippen molar-refractivity contribution in [3.05, 3.63) is 388 Å². The second-order valence-corrected chi connectivity index (χ2v) is 30.7. The van der Waals surface area contributed by atoms with Crippen LogP contribution in [0.4, 0.5) is 0 Å². The molecule has 0 bridgehead atoms.